The largest absolute Gasteiger partial charge is 0.409 e. The van der Waals surface area contributed by atoms with E-state index in [9.17, 15) is 4.79 Å². The molecule has 6 heteroatoms. The molecule has 110 valence electrons. The second kappa shape index (κ2) is 6.50. The van der Waals surface area contributed by atoms with Crippen molar-refractivity contribution in [1.29, 1.82) is 0 Å². The van der Waals surface area contributed by atoms with Crippen molar-refractivity contribution in [2.75, 3.05) is 12.8 Å². The van der Waals surface area contributed by atoms with E-state index in [1.165, 1.54) is 12.8 Å². The molecule has 4 N–H and O–H groups in total. The number of oxime groups is 1. The van der Waals surface area contributed by atoms with Crippen LogP contribution in [0.5, 0.6) is 0 Å². The van der Waals surface area contributed by atoms with E-state index >= 15 is 0 Å². The standard InChI is InChI=1S/C13H25N3O2S/c1-4-12(2,10(14)16-18)11(17)15-9-13(19-3)7-5-6-8-13/h18H,4-9H2,1-3H3,(H2,14,16)(H,15,17). The fraction of sp³-hybridized carbons (Fsp3) is 0.846. The normalized spacial score (nSPS) is 21.9. The average Bonchev–Trinajstić information content (AvgIpc) is 2.92. The number of hydrogen-bond acceptors (Lipinski definition) is 4. The molecule has 0 bridgehead atoms. The molecule has 19 heavy (non-hydrogen) atoms. The maximum atomic E-state index is 12.3. The summed E-state index contributed by atoms with van der Waals surface area (Å²) < 4.78 is 0.162. The number of rotatable bonds is 6. The number of carbonyl (C=O) groups excluding carboxylic acids is 1. The molecule has 1 aliphatic rings. The summed E-state index contributed by atoms with van der Waals surface area (Å²) in [5.41, 5.74) is 4.71. The van der Waals surface area contributed by atoms with Gasteiger partial charge >= 0.3 is 0 Å². The summed E-state index contributed by atoms with van der Waals surface area (Å²) in [6, 6.07) is 0. The second-order valence-electron chi connectivity index (χ2n) is 5.45. The van der Waals surface area contributed by atoms with Crippen LogP contribution in [-0.4, -0.2) is 34.5 Å². The Kier molecular flexibility index (Phi) is 5.52. The zero-order valence-electron chi connectivity index (χ0n) is 12.0. The Morgan fingerprint density at radius 1 is 1.53 bits per heavy atom. The van der Waals surface area contributed by atoms with Crippen molar-refractivity contribution in [2.45, 2.75) is 50.7 Å². The van der Waals surface area contributed by atoms with Crippen LogP contribution in [0.1, 0.15) is 46.0 Å². The van der Waals surface area contributed by atoms with Gasteiger partial charge in [0.25, 0.3) is 0 Å². The number of amides is 1. The molecule has 0 aromatic heterocycles. The topological polar surface area (TPSA) is 87.7 Å². The first-order chi connectivity index (χ1) is 8.94. The zero-order chi connectivity index (χ0) is 14.5. The van der Waals surface area contributed by atoms with Gasteiger partial charge in [0.15, 0.2) is 5.84 Å². The Labute approximate surface area is 119 Å². The molecule has 1 saturated carbocycles. The minimum atomic E-state index is -0.938. The molecule has 1 atom stereocenters. The molecule has 0 heterocycles. The number of amidine groups is 1. The van der Waals surface area contributed by atoms with E-state index in [0.717, 1.165) is 12.8 Å². The van der Waals surface area contributed by atoms with Gasteiger partial charge in [0.2, 0.25) is 5.91 Å². The van der Waals surface area contributed by atoms with Gasteiger partial charge in [-0.1, -0.05) is 24.9 Å². The summed E-state index contributed by atoms with van der Waals surface area (Å²) in [6.45, 7) is 4.22. The Bertz CT molecular complexity index is 354. The first-order valence-corrected chi connectivity index (χ1v) is 7.98. The van der Waals surface area contributed by atoms with E-state index in [0.29, 0.717) is 13.0 Å². The predicted octanol–water partition coefficient (Wildman–Crippen LogP) is 1.94. The van der Waals surface area contributed by atoms with E-state index in [1.54, 1.807) is 6.92 Å². The van der Waals surface area contributed by atoms with Crippen LogP contribution in [-0.2, 0) is 4.79 Å². The quantitative estimate of drug-likeness (QED) is 0.301. The minimum absolute atomic E-state index is 0.0304. The van der Waals surface area contributed by atoms with Crippen molar-refractivity contribution < 1.29 is 10.0 Å². The maximum absolute atomic E-state index is 12.3. The zero-order valence-corrected chi connectivity index (χ0v) is 12.8. The second-order valence-corrected chi connectivity index (χ2v) is 6.72. The van der Waals surface area contributed by atoms with Crippen LogP contribution < -0.4 is 11.1 Å². The fourth-order valence-electron chi connectivity index (χ4n) is 2.48. The number of thioether (sulfide) groups is 1. The highest BCUT2D eigenvalue weighted by Gasteiger charge is 2.39. The summed E-state index contributed by atoms with van der Waals surface area (Å²) in [4.78, 5) is 12.3. The first-order valence-electron chi connectivity index (χ1n) is 6.75. The number of nitrogens with two attached hydrogens (primary N) is 1. The number of nitrogens with one attached hydrogen (secondary N) is 1. The minimum Gasteiger partial charge on any atom is -0.409 e. The Hall–Kier alpha value is -0.910. The summed E-state index contributed by atoms with van der Waals surface area (Å²) in [6.07, 6.45) is 7.33. The van der Waals surface area contributed by atoms with Gasteiger partial charge in [-0.25, -0.2) is 0 Å². The van der Waals surface area contributed by atoms with Crippen molar-refractivity contribution >= 4 is 23.5 Å². The Morgan fingerprint density at radius 3 is 2.53 bits per heavy atom. The molecule has 0 aliphatic heterocycles. The molecule has 0 saturated heterocycles. The number of nitrogens with zero attached hydrogens (tertiary/aromatic N) is 1. The van der Waals surface area contributed by atoms with Crippen LogP contribution in [0.2, 0.25) is 0 Å². The molecule has 1 unspecified atom stereocenters. The lowest BCUT2D eigenvalue weighted by Crippen LogP contribution is -2.50. The summed E-state index contributed by atoms with van der Waals surface area (Å²) in [5, 5.41) is 14.8. The molecule has 0 radical (unpaired) electrons. The summed E-state index contributed by atoms with van der Waals surface area (Å²) in [5.74, 6) is -0.192. The van der Waals surface area contributed by atoms with Gasteiger partial charge in [-0.15, -0.1) is 0 Å². The van der Waals surface area contributed by atoms with Crippen molar-refractivity contribution in [1.82, 2.24) is 5.32 Å². The van der Waals surface area contributed by atoms with E-state index in [4.69, 9.17) is 10.9 Å². The lowest BCUT2D eigenvalue weighted by Gasteiger charge is -2.31. The molecule has 1 fully saturated rings. The lowest BCUT2D eigenvalue weighted by atomic mass is 9.85. The van der Waals surface area contributed by atoms with Crippen LogP contribution >= 0.6 is 11.8 Å². The molecule has 0 aromatic rings. The van der Waals surface area contributed by atoms with Crippen molar-refractivity contribution in [3.8, 4) is 0 Å². The molecule has 0 spiro atoms. The first kappa shape index (κ1) is 16.1. The van der Waals surface area contributed by atoms with Crippen LogP contribution in [0, 0.1) is 5.41 Å². The monoisotopic (exact) mass is 287 g/mol. The summed E-state index contributed by atoms with van der Waals surface area (Å²) in [7, 11) is 0. The van der Waals surface area contributed by atoms with Crippen molar-refractivity contribution in [2.24, 2.45) is 16.3 Å². The van der Waals surface area contributed by atoms with E-state index in [-0.39, 0.29) is 16.5 Å². The average molecular weight is 287 g/mol. The van der Waals surface area contributed by atoms with E-state index in [1.807, 2.05) is 18.7 Å². The van der Waals surface area contributed by atoms with Gasteiger partial charge in [-0.05, 0) is 32.4 Å². The van der Waals surface area contributed by atoms with Gasteiger partial charge in [0, 0.05) is 11.3 Å². The number of hydrogen-bond donors (Lipinski definition) is 3. The smallest absolute Gasteiger partial charge is 0.233 e. The highest BCUT2D eigenvalue weighted by Crippen LogP contribution is 2.39. The van der Waals surface area contributed by atoms with E-state index < -0.39 is 5.41 Å². The third-order valence-electron chi connectivity index (χ3n) is 4.40. The molecular weight excluding hydrogens is 262 g/mol. The van der Waals surface area contributed by atoms with Gasteiger partial charge < -0.3 is 16.3 Å². The van der Waals surface area contributed by atoms with Crippen LogP contribution in [0.15, 0.2) is 5.16 Å². The van der Waals surface area contributed by atoms with Gasteiger partial charge in [0.1, 0.15) is 5.41 Å². The Morgan fingerprint density at radius 2 is 2.11 bits per heavy atom. The fourth-order valence-corrected chi connectivity index (χ4v) is 3.39. The van der Waals surface area contributed by atoms with Crippen molar-refractivity contribution in [3.63, 3.8) is 0 Å². The molecule has 1 rings (SSSR count). The Balaban J connectivity index is 2.68. The van der Waals surface area contributed by atoms with Crippen LogP contribution in [0.3, 0.4) is 0 Å². The molecular formula is C13H25N3O2S. The van der Waals surface area contributed by atoms with Gasteiger partial charge in [-0.2, -0.15) is 11.8 Å². The van der Waals surface area contributed by atoms with Gasteiger partial charge in [0.05, 0.1) is 0 Å². The third kappa shape index (κ3) is 3.35. The maximum Gasteiger partial charge on any atom is 0.233 e. The molecule has 1 amide bonds. The van der Waals surface area contributed by atoms with Crippen LogP contribution in [0.4, 0.5) is 0 Å². The van der Waals surface area contributed by atoms with E-state index in [2.05, 4.69) is 16.7 Å². The lowest BCUT2D eigenvalue weighted by molar-refractivity contribution is -0.127. The van der Waals surface area contributed by atoms with Crippen molar-refractivity contribution in [3.05, 3.63) is 0 Å². The van der Waals surface area contributed by atoms with Gasteiger partial charge in [-0.3, -0.25) is 4.79 Å². The highest BCUT2D eigenvalue weighted by atomic mass is 32.2. The SMILES string of the molecule is CCC(C)(C(=O)NCC1(SC)CCCC1)C(N)=NO. The predicted molar refractivity (Wildman–Crippen MR) is 79.5 cm³/mol. The summed E-state index contributed by atoms with van der Waals surface area (Å²) >= 11 is 1.83. The highest BCUT2D eigenvalue weighted by molar-refractivity contribution is 8.00. The molecule has 1 aliphatic carbocycles. The van der Waals surface area contributed by atoms with Crippen LogP contribution in [0.25, 0.3) is 0 Å². The number of carbonyl (C=O) groups is 1. The third-order valence-corrected chi connectivity index (χ3v) is 5.82. The molecule has 5 nitrogen and oxygen atoms in total. The molecule has 0 aromatic carbocycles.